The van der Waals surface area contributed by atoms with Gasteiger partial charge in [-0.1, -0.05) is 12.5 Å². The number of rotatable bonds is 1. The van der Waals surface area contributed by atoms with Gasteiger partial charge in [-0.05, 0) is 25.0 Å². The van der Waals surface area contributed by atoms with Gasteiger partial charge < -0.3 is 14.8 Å². The van der Waals surface area contributed by atoms with Gasteiger partial charge in [-0.2, -0.15) is 0 Å². The van der Waals surface area contributed by atoms with Gasteiger partial charge in [0, 0.05) is 12.0 Å². The Morgan fingerprint density at radius 1 is 1.44 bits per heavy atom. The summed E-state index contributed by atoms with van der Waals surface area (Å²) < 4.78 is 10.7. The van der Waals surface area contributed by atoms with Gasteiger partial charge in [0.25, 0.3) is 0 Å². The number of carbonyl (C=O) groups excluding carboxylic acids is 1. The fraction of sp³-hybridized carbons (Fsp3) is 0.500. The molecule has 0 atom stereocenters. The summed E-state index contributed by atoms with van der Waals surface area (Å²) in [5.74, 6) is 0.284. The number of hydrogen-bond acceptors (Lipinski definition) is 4. The summed E-state index contributed by atoms with van der Waals surface area (Å²) in [7, 11) is 1.39. The van der Waals surface area contributed by atoms with Crippen molar-refractivity contribution < 1.29 is 14.3 Å². The molecule has 18 heavy (non-hydrogen) atoms. The highest BCUT2D eigenvalue weighted by molar-refractivity contribution is 5.94. The van der Waals surface area contributed by atoms with Crippen LogP contribution in [0, 0.1) is 5.41 Å². The molecule has 3 rings (SSSR count). The zero-order valence-corrected chi connectivity index (χ0v) is 10.5. The van der Waals surface area contributed by atoms with E-state index >= 15 is 0 Å². The molecular weight excluding hydrogens is 230 g/mol. The van der Waals surface area contributed by atoms with Crippen LogP contribution in [0.2, 0.25) is 0 Å². The van der Waals surface area contributed by atoms with Crippen LogP contribution >= 0.6 is 0 Å². The minimum Gasteiger partial charge on any atom is -0.490 e. The van der Waals surface area contributed by atoms with Crippen LogP contribution in [0.1, 0.15) is 29.6 Å². The number of hydrogen-bond donors (Lipinski definition) is 1. The van der Waals surface area contributed by atoms with Crippen molar-refractivity contribution in [2.24, 2.45) is 5.41 Å². The highest BCUT2D eigenvalue weighted by Crippen LogP contribution is 2.45. The highest BCUT2D eigenvalue weighted by Gasteiger charge is 2.40. The van der Waals surface area contributed by atoms with E-state index in [4.69, 9.17) is 9.47 Å². The molecule has 0 bridgehead atoms. The van der Waals surface area contributed by atoms with Crippen molar-refractivity contribution in [1.29, 1.82) is 0 Å². The lowest BCUT2D eigenvalue weighted by Crippen LogP contribution is -2.40. The Balaban J connectivity index is 1.93. The minimum absolute atomic E-state index is 0.256. The van der Waals surface area contributed by atoms with Crippen LogP contribution in [0.5, 0.6) is 5.75 Å². The molecule has 0 amide bonds. The van der Waals surface area contributed by atoms with E-state index in [1.165, 1.54) is 26.4 Å². The molecule has 1 aliphatic carbocycles. The Labute approximate surface area is 106 Å². The number of methoxy groups -OCH3 is 1. The fourth-order valence-electron chi connectivity index (χ4n) is 2.66. The maximum atomic E-state index is 11.7. The smallest absolute Gasteiger partial charge is 0.341 e. The monoisotopic (exact) mass is 247 g/mol. The Bertz CT molecular complexity index is 480. The fourth-order valence-corrected chi connectivity index (χ4v) is 2.66. The number of esters is 1. The third-order valence-corrected chi connectivity index (χ3v) is 4.01. The highest BCUT2D eigenvalue weighted by atomic mass is 16.5. The number of anilines is 1. The summed E-state index contributed by atoms with van der Waals surface area (Å²) in [6.07, 6.45) is 3.66. The molecule has 96 valence electrons. The molecule has 0 aromatic heterocycles. The maximum absolute atomic E-state index is 11.7. The van der Waals surface area contributed by atoms with Crippen molar-refractivity contribution >= 4 is 11.7 Å². The summed E-state index contributed by atoms with van der Waals surface area (Å²) in [5, 5.41) is 3.40. The quantitative estimate of drug-likeness (QED) is 0.774. The molecule has 0 saturated heterocycles. The molecule has 4 heteroatoms. The standard InChI is InChI=1S/C14H17NO3/c1-17-13(16)10-4-2-5-11-12(10)18-9-14(8-15-11)6-3-7-14/h2,4-5,15H,3,6-9H2,1H3. The van der Waals surface area contributed by atoms with Crippen LogP contribution in [0.15, 0.2) is 18.2 Å². The molecular formula is C14H17NO3. The second-order valence-corrected chi connectivity index (χ2v) is 5.17. The second-order valence-electron chi connectivity index (χ2n) is 5.17. The minimum atomic E-state index is -0.349. The van der Waals surface area contributed by atoms with E-state index in [-0.39, 0.29) is 11.4 Å². The lowest BCUT2D eigenvalue weighted by molar-refractivity contribution is 0.0576. The van der Waals surface area contributed by atoms with Crippen LogP contribution in [-0.4, -0.2) is 26.2 Å². The summed E-state index contributed by atoms with van der Waals surface area (Å²) in [6.45, 7) is 1.60. The molecule has 1 aromatic carbocycles. The first kappa shape index (κ1) is 11.4. The average molecular weight is 247 g/mol. The molecule has 1 fully saturated rings. The van der Waals surface area contributed by atoms with E-state index in [0.29, 0.717) is 17.9 Å². The molecule has 1 N–H and O–H groups in total. The van der Waals surface area contributed by atoms with E-state index in [2.05, 4.69) is 5.32 Å². The van der Waals surface area contributed by atoms with Crippen LogP contribution in [0.3, 0.4) is 0 Å². The topological polar surface area (TPSA) is 47.6 Å². The van der Waals surface area contributed by atoms with Gasteiger partial charge in [0.2, 0.25) is 0 Å². The number of ether oxygens (including phenoxy) is 2. The predicted octanol–water partition coefficient (Wildman–Crippen LogP) is 2.45. The summed E-state index contributed by atoms with van der Waals surface area (Å²) in [6, 6.07) is 5.53. The van der Waals surface area contributed by atoms with Crippen molar-refractivity contribution in [2.45, 2.75) is 19.3 Å². The van der Waals surface area contributed by atoms with Gasteiger partial charge in [-0.25, -0.2) is 4.79 Å². The lowest BCUT2D eigenvalue weighted by atomic mass is 9.69. The molecule has 1 spiro atoms. The first-order chi connectivity index (χ1) is 8.74. The summed E-state index contributed by atoms with van der Waals surface area (Å²) >= 11 is 0. The Morgan fingerprint density at radius 2 is 2.28 bits per heavy atom. The molecule has 4 nitrogen and oxygen atoms in total. The van der Waals surface area contributed by atoms with Crippen molar-refractivity contribution in [3.8, 4) is 5.75 Å². The number of benzene rings is 1. The number of para-hydroxylation sites is 1. The number of carbonyl (C=O) groups is 1. The van der Waals surface area contributed by atoms with Crippen molar-refractivity contribution in [1.82, 2.24) is 0 Å². The predicted molar refractivity (Wildman–Crippen MR) is 68.1 cm³/mol. The first-order valence-corrected chi connectivity index (χ1v) is 6.32. The Kier molecular flexibility index (Phi) is 2.65. The van der Waals surface area contributed by atoms with Gasteiger partial charge >= 0.3 is 5.97 Å². The molecule has 2 aliphatic rings. The molecule has 0 unspecified atom stereocenters. The Hall–Kier alpha value is -1.71. The third kappa shape index (κ3) is 1.72. The molecule has 1 heterocycles. The van der Waals surface area contributed by atoms with Crippen molar-refractivity contribution in [2.75, 3.05) is 25.6 Å². The van der Waals surface area contributed by atoms with E-state index in [0.717, 1.165) is 12.2 Å². The Morgan fingerprint density at radius 3 is 2.94 bits per heavy atom. The molecule has 0 radical (unpaired) electrons. The summed E-state index contributed by atoms with van der Waals surface area (Å²) in [4.78, 5) is 11.7. The zero-order valence-electron chi connectivity index (χ0n) is 10.5. The number of fused-ring (bicyclic) bond motifs is 1. The summed E-state index contributed by atoms with van der Waals surface area (Å²) in [5.41, 5.74) is 1.65. The van der Waals surface area contributed by atoms with Crippen LogP contribution < -0.4 is 10.1 Å². The average Bonchev–Trinajstić information content (AvgIpc) is 2.56. The third-order valence-electron chi connectivity index (χ3n) is 4.01. The van der Waals surface area contributed by atoms with Gasteiger partial charge in [0.05, 0.1) is 19.4 Å². The van der Waals surface area contributed by atoms with Crippen LogP contribution in [0.4, 0.5) is 5.69 Å². The van der Waals surface area contributed by atoms with Gasteiger partial charge in [0.15, 0.2) is 5.75 Å². The largest absolute Gasteiger partial charge is 0.490 e. The van der Waals surface area contributed by atoms with Gasteiger partial charge in [0.1, 0.15) is 5.56 Å². The second kappa shape index (κ2) is 4.19. The maximum Gasteiger partial charge on any atom is 0.341 e. The van der Waals surface area contributed by atoms with Gasteiger partial charge in [-0.15, -0.1) is 0 Å². The number of nitrogens with one attached hydrogen (secondary N) is 1. The first-order valence-electron chi connectivity index (χ1n) is 6.32. The van der Waals surface area contributed by atoms with Crippen molar-refractivity contribution in [3.05, 3.63) is 23.8 Å². The molecule has 1 aromatic rings. The van der Waals surface area contributed by atoms with Gasteiger partial charge in [-0.3, -0.25) is 0 Å². The van der Waals surface area contributed by atoms with E-state index in [1.807, 2.05) is 12.1 Å². The van der Waals surface area contributed by atoms with E-state index < -0.39 is 0 Å². The SMILES string of the molecule is COC(=O)c1cccc2c1OCC1(CCC1)CN2. The van der Waals surface area contributed by atoms with Crippen LogP contribution in [0.25, 0.3) is 0 Å². The lowest BCUT2D eigenvalue weighted by Gasteiger charge is -2.40. The van der Waals surface area contributed by atoms with E-state index in [1.54, 1.807) is 6.07 Å². The molecule has 1 saturated carbocycles. The molecule has 1 aliphatic heterocycles. The van der Waals surface area contributed by atoms with E-state index in [9.17, 15) is 4.79 Å². The normalized spacial score (nSPS) is 19.8. The van der Waals surface area contributed by atoms with Crippen LogP contribution in [-0.2, 0) is 4.74 Å². The zero-order chi connectivity index (χ0) is 12.6. The van der Waals surface area contributed by atoms with Crippen molar-refractivity contribution in [3.63, 3.8) is 0 Å².